The molecule has 1 aliphatic rings. The van der Waals surface area contributed by atoms with Gasteiger partial charge in [0.05, 0.1) is 0 Å². The van der Waals surface area contributed by atoms with Crippen molar-refractivity contribution in [1.82, 2.24) is 15.5 Å². The molecule has 1 atom stereocenters. The molecular formula is C8H15N4O7+. The summed E-state index contributed by atoms with van der Waals surface area (Å²) in [5.41, 5.74) is 0. The number of aliphatic hydroxyl groups is 4. The molecule has 1 saturated heterocycles. The Hall–Kier alpha value is -1.79. The Morgan fingerprint density at radius 1 is 1.21 bits per heavy atom. The molecule has 0 aromatic heterocycles. The van der Waals surface area contributed by atoms with Gasteiger partial charge >= 0.3 is 18.0 Å². The predicted octanol–water partition coefficient (Wildman–Crippen LogP) is -3.81. The molecule has 0 spiro atoms. The third kappa shape index (κ3) is 2.36. The van der Waals surface area contributed by atoms with Gasteiger partial charge in [-0.1, -0.05) is 0 Å². The number of imide groups is 1. The van der Waals surface area contributed by atoms with Crippen molar-refractivity contribution in [3.8, 4) is 0 Å². The molecular weight excluding hydrogens is 264 g/mol. The molecule has 0 aliphatic carbocycles. The Bertz CT molecular complexity index is 383. The maximum atomic E-state index is 11.9. The maximum absolute atomic E-state index is 11.9. The van der Waals surface area contributed by atoms with Crippen molar-refractivity contribution in [3.63, 3.8) is 0 Å². The number of quaternary nitrogens is 1. The lowest BCUT2D eigenvalue weighted by atomic mass is 10.4. The van der Waals surface area contributed by atoms with Crippen molar-refractivity contribution < 1.29 is 39.3 Å². The van der Waals surface area contributed by atoms with Crippen LogP contribution in [0.5, 0.6) is 0 Å². The van der Waals surface area contributed by atoms with Crippen molar-refractivity contribution >= 4 is 18.0 Å². The predicted molar refractivity (Wildman–Crippen MR) is 56.3 cm³/mol. The summed E-state index contributed by atoms with van der Waals surface area (Å²) in [7, 11) is 0. The van der Waals surface area contributed by atoms with E-state index in [0.29, 0.717) is 4.90 Å². The van der Waals surface area contributed by atoms with Crippen LogP contribution in [-0.2, 0) is 4.79 Å². The van der Waals surface area contributed by atoms with Gasteiger partial charge in [0.2, 0.25) is 0 Å². The molecule has 1 heterocycles. The lowest BCUT2D eigenvalue weighted by Crippen LogP contribution is -2.64. The van der Waals surface area contributed by atoms with E-state index in [-0.39, 0.29) is 0 Å². The number of hydrogen-bond acceptors (Lipinski definition) is 7. The zero-order valence-corrected chi connectivity index (χ0v) is 9.81. The van der Waals surface area contributed by atoms with E-state index in [1.807, 2.05) is 10.6 Å². The second kappa shape index (κ2) is 5.90. The van der Waals surface area contributed by atoms with Crippen LogP contribution in [0.2, 0.25) is 0 Å². The summed E-state index contributed by atoms with van der Waals surface area (Å²) in [4.78, 5) is 35.3. The first-order chi connectivity index (χ1) is 8.98. The zero-order valence-electron chi connectivity index (χ0n) is 9.81. The molecule has 1 fully saturated rings. The third-order valence-corrected chi connectivity index (χ3v) is 2.76. The van der Waals surface area contributed by atoms with E-state index in [2.05, 4.69) is 0 Å². The number of nitrogens with one attached hydrogen (secondary N) is 2. The van der Waals surface area contributed by atoms with E-state index < -0.39 is 55.5 Å². The van der Waals surface area contributed by atoms with E-state index in [1.165, 1.54) is 0 Å². The number of hydrogen-bond donors (Lipinski definition) is 6. The fourth-order valence-corrected chi connectivity index (χ4v) is 1.70. The lowest BCUT2D eigenvalue weighted by Gasteiger charge is -2.30. The van der Waals surface area contributed by atoms with Gasteiger partial charge in [-0.25, -0.2) is 9.59 Å². The summed E-state index contributed by atoms with van der Waals surface area (Å²) >= 11 is 0. The van der Waals surface area contributed by atoms with E-state index in [4.69, 9.17) is 10.2 Å². The first-order valence-corrected chi connectivity index (χ1v) is 5.19. The Balaban J connectivity index is 3.06. The minimum Gasteiger partial charge on any atom is -0.376 e. The number of amides is 5. The van der Waals surface area contributed by atoms with Gasteiger partial charge in [-0.2, -0.15) is 9.38 Å². The van der Waals surface area contributed by atoms with Gasteiger partial charge < -0.3 is 25.7 Å². The van der Waals surface area contributed by atoms with Gasteiger partial charge in [0.25, 0.3) is 6.17 Å². The van der Waals surface area contributed by atoms with Crippen LogP contribution in [0.3, 0.4) is 0 Å². The van der Waals surface area contributed by atoms with Crippen LogP contribution in [0.15, 0.2) is 0 Å². The van der Waals surface area contributed by atoms with Gasteiger partial charge in [-0.15, -0.1) is 0 Å². The molecule has 11 nitrogen and oxygen atoms in total. The van der Waals surface area contributed by atoms with E-state index in [1.54, 1.807) is 0 Å². The number of carbonyl (C=O) groups excluding carboxylic acids is 3. The second-order valence-corrected chi connectivity index (χ2v) is 3.72. The number of carbonyl (C=O) groups is 3. The fraction of sp³-hybridized carbons (Fsp3) is 0.625. The highest BCUT2D eigenvalue weighted by Gasteiger charge is 2.60. The Kier molecular flexibility index (Phi) is 4.74. The minimum atomic E-state index is -1.60. The van der Waals surface area contributed by atoms with E-state index in [0.717, 1.165) is 0 Å². The molecule has 11 heteroatoms. The molecule has 0 radical (unpaired) electrons. The highest BCUT2D eigenvalue weighted by atomic mass is 16.3. The maximum Gasteiger partial charge on any atom is 0.434 e. The summed E-state index contributed by atoms with van der Waals surface area (Å²) in [5.74, 6) is -0.983. The molecule has 0 aromatic carbocycles. The quantitative estimate of drug-likeness (QED) is 0.171. The second-order valence-electron chi connectivity index (χ2n) is 3.72. The van der Waals surface area contributed by atoms with Crippen LogP contribution >= 0.6 is 0 Å². The standard InChI is InChI=1S/C8H14N4O7/c13-1-9-7(18)10-5-6(17)11(2-14)8(19)12(5,3-15)4-16/h5,13-16H,1-4H2,(H-,9,10,18)/p+1. The molecule has 0 bridgehead atoms. The fourth-order valence-electron chi connectivity index (χ4n) is 1.70. The first kappa shape index (κ1) is 15.3. The minimum absolute atomic E-state index is 0.385. The number of nitrogens with zero attached hydrogens (tertiary/aromatic N) is 2. The Morgan fingerprint density at radius 3 is 2.21 bits per heavy atom. The number of rotatable bonds is 5. The lowest BCUT2D eigenvalue weighted by molar-refractivity contribution is -0.900. The monoisotopic (exact) mass is 279 g/mol. The highest BCUT2D eigenvalue weighted by molar-refractivity contribution is 6.00. The molecule has 5 amide bonds. The van der Waals surface area contributed by atoms with Gasteiger partial charge in [-0.05, 0) is 0 Å². The summed E-state index contributed by atoms with van der Waals surface area (Å²) in [6, 6.07) is -2.02. The van der Waals surface area contributed by atoms with Gasteiger partial charge in [0.15, 0.2) is 13.5 Å². The van der Waals surface area contributed by atoms with Crippen molar-refractivity contribution in [2.75, 3.05) is 26.9 Å². The Labute approximate surface area is 107 Å². The largest absolute Gasteiger partial charge is 0.434 e. The van der Waals surface area contributed by atoms with Crippen LogP contribution in [-0.4, -0.2) is 80.9 Å². The van der Waals surface area contributed by atoms with Crippen molar-refractivity contribution in [2.24, 2.45) is 0 Å². The van der Waals surface area contributed by atoms with Crippen LogP contribution in [0.25, 0.3) is 0 Å². The third-order valence-electron chi connectivity index (χ3n) is 2.76. The number of urea groups is 2. The van der Waals surface area contributed by atoms with Gasteiger partial charge in [0.1, 0.15) is 13.5 Å². The average molecular weight is 279 g/mol. The molecule has 0 saturated carbocycles. The van der Waals surface area contributed by atoms with Crippen LogP contribution in [0.4, 0.5) is 9.59 Å². The van der Waals surface area contributed by atoms with Gasteiger partial charge in [-0.3, -0.25) is 10.1 Å². The summed E-state index contributed by atoms with van der Waals surface area (Å²) in [6.45, 7) is -3.57. The summed E-state index contributed by atoms with van der Waals surface area (Å²) in [5, 5.41) is 39.9. The van der Waals surface area contributed by atoms with Crippen molar-refractivity contribution in [1.29, 1.82) is 0 Å². The topological polar surface area (TPSA) is 159 Å². The molecule has 19 heavy (non-hydrogen) atoms. The summed E-state index contributed by atoms with van der Waals surface area (Å²) in [6.07, 6.45) is -1.60. The van der Waals surface area contributed by atoms with E-state index in [9.17, 15) is 24.6 Å². The molecule has 0 aromatic rings. The number of aliphatic hydroxyl groups excluding tert-OH is 4. The normalized spacial score (nSPS) is 21.7. The molecule has 1 rings (SSSR count). The van der Waals surface area contributed by atoms with E-state index >= 15 is 0 Å². The van der Waals surface area contributed by atoms with Crippen LogP contribution in [0.1, 0.15) is 0 Å². The molecule has 6 N–H and O–H groups in total. The first-order valence-electron chi connectivity index (χ1n) is 5.19. The molecule has 108 valence electrons. The summed E-state index contributed by atoms with van der Waals surface area (Å²) < 4.78 is -1.18. The van der Waals surface area contributed by atoms with Crippen LogP contribution in [0, 0.1) is 0 Å². The molecule has 1 aliphatic heterocycles. The zero-order chi connectivity index (χ0) is 14.6. The SMILES string of the molecule is O=C(NCO)NC1C(=O)N(CO)C(=O)[N+]1(CO)CO. The van der Waals surface area contributed by atoms with Crippen molar-refractivity contribution in [3.05, 3.63) is 0 Å². The average Bonchev–Trinajstić information content (AvgIpc) is 2.59. The highest BCUT2D eigenvalue weighted by Crippen LogP contribution is 2.24. The van der Waals surface area contributed by atoms with Crippen molar-refractivity contribution in [2.45, 2.75) is 6.17 Å². The smallest absolute Gasteiger partial charge is 0.376 e. The van der Waals surface area contributed by atoms with Crippen LogP contribution < -0.4 is 10.6 Å². The Morgan fingerprint density at radius 2 is 1.79 bits per heavy atom. The molecule has 1 unspecified atom stereocenters. The van der Waals surface area contributed by atoms with Gasteiger partial charge in [0, 0.05) is 0 Å².